The van der Waals surface area contributed by atoms with Crippen molar-refractivity contribution in [1.29, 1.82) is 0 Å². The number of benzene rings is 1. The van der Waals surface area contributed by atoms with Gasteiger partial charge in [-0.2, -0.15) is 0 Å². The maximum Gasteiger partial charge on any atom is 0.220 e. The maximum atomic E-state index is 11.9. The van der Waals surface area contributed by atoms with E-state index in [1.165, 1.54) is 5.56 Å². The first-order valence-electron chi connectivity index (χ1n) is 7.28. The molecule has 0 radical (unpaired) electrons. The lowest BCUT2D eigenvalue weighted by molar-refractivity contribution is -0.122. The number of hydrogen-bond acceptors (Lipinski definition) is 1. The molecule has 0 saturated heterocycles. The van der Waals surface area contributed by atoms with Crippen molar-refractivity contribution in [2.75, 3.05) is 6.54 Å². The van der Waals surface area contributed by atoms with Crippen LogP contribution in [0.15, 0.2) is 30.3 Å². The summed E-state index contributed by atoms with van der Waals surface area (Å²) in [5.74, 6) is 0.648. The van der Waals surface area contributed by atoms with E-state index in [0.29, 0.717) is 18.9 Å². The molecule has 106 valence electrons. The van der Waals surface area contributed by atoms with Crippen molar-refractivity contribution in [2.24, 2.45) is 5.92 Å². The Morgan fingerprint density at radius 3 is 2.47 bits per heavy atom. The van der Waals surface area contributed by atoms with Gasteiger partial charge in [0, 0.05) is 18.4 Å². The van der Waals surface area contributed by atoms with E-state index in [9.17, 15) is 4.79 Å². The summed E-state index contributed by atoms with van der Waals surface area (Å²) in [5.41, 5.74) is 1.24. The number of amides is 1. The van der Waals surface area contributed by atoms with Crippen LogP contribution < -0.4 is 5.32 Å². The second-order valence-corrected chi connectivity index (χ2v) is 6.12. The van der Waals surface area contributed by atoms with E-state index in [-0.39, 0.29) is 11.3 Å². The van der Waals surface area contributed by atoms with Gasteiger partial charge in [0.1, 0.15) is 0 Å². The van der Waals surface area contributed by atoms with Crippen LogP contribution in [-0.4, -0.2) is 12.5 Å². The molecule has 0 spiro atoms. The Bertz CT molecular complexity index is 384. The molecule has 0 fully saturated rings. The zero-order chi connectivity index (χ0) is 14.3. The van der Waals surface area contributed by atoms with Crippen LogP contribution in [-0.2, 0) is 10.2 Å². The number of nitrogens with one attached hydrogen (secondary N) is 1. The molecule has 1 atom stereocenters. The van der Waals surface area contributed by atoms with Crippen molar-refractivity contribution >= 4 is 5.91 Å². The molecule has 0 aliphatic carbocycles. The van der Waals surface area contributed by atoms with Crippen molar-refractivity contribution in [2.45, 2.75) is 52.4 Å². The van der Waals surface area contributed by atoms with Gasteiger partial charge in [-0.25, -0.2) is 0 Å². The second-order valence-electron chi connectivity index (χ2n) is 6.12. The lowest BCUT2D eigenvalue weighted by Crippen LogP contribution is -2.37. The average molecular weight is 261 g/mol. The highest BCUT2D eigenvalue weighted by molar-refractivity contribution is 5.76. The Labute approximate surface area is 117 Å². The minimum atomic E-state index is -0.0229. The van der Waals surface area contributed by atoms with Crippen molar-refractivity contribution in [3.63, 3.8) is 0 Å². The van der Waals surface area contributed by atoms with E-state index >= 15 is 0 Å². The van der Waals surface area contributed by atoms with Gasteiger partial charge < -0.3 is 5.32 Å². The van der Waals surface area contributed by atoms with Gasteiger partial charge in [-0.15, -0.1) is 0 Å². The Balaban J connectivity index is 2.45. The van der Waals surface area contributed by atoms with Crippen molar-refractivity contribution < 1.29 is 4.79 Å². The highest BCUT2D eigenvalue weighted by Crippen LogP contribution is 2.21. The van der Waals surface area contributed by atoms with Crippen LogP contribution in [0.1, 0.15) is 52.5 Å². The fourth-order valence-electron chi connectivity index (χ4n) is 2.29. The quantitative estimate of drug-likeness (QED) is 0.792. The average Bonchev–Trinajstić information content (AvgIpc) is 2.38. The van der Waals surface area contributed by atoms with Gasteiger partial charge in [-0.1, -0.05) is 70.9 Å². The molecule has 1 aromatic rings. The van der Waals surface area contributed by atoms with Gasteiger partial charge in [-0.3, -0.25) is 4.79 Å². The number of carbonyl (C=O) groups excluding carboxylic acids is 1. The molecule has 0 bridgehead atoms. The van der Waals surface area contributed by atoms with Crippen LogP contribution >= 0.6 is 0 Å². The van der Waals surface area contributed by atoms with Gasteiger partial charge in [0.05, 0.1) is 0 Å². The molecule has 1 unspecified atom stereocenters. The predicted molar refractivity (Wildman–Crippen MR) is 81.2 cm³/mol. The summed E-state index contributed by atoms with van der Waals surface area (Å²) in [6.07, 6.45) is 2.90. The molecule has 1 rings (SSSR count). The molecule has 0 heterocycles. The first kappa shape index (κ1) is 15.7. The number of hydrogen-bond donors (Lipinski definition) is 1. The van der Waals surface area contributed by atoms with E-state index in [1.807, 2.05) is 18.2 Å². The predicted octanol–water partition coefficient (Wildman–Crippen LogP) is 3.91. The molecule has 19 heavy (non-hydrogen) atoms. The Hall–Kier alpha value is -1.31. The van der Waals surface area contributed by atoms with Crippen LogP contribution in [0, 0.1) is 5.92 Å². The van der Waals surface area contributed by atoms with Gasteiger partial charge in [-0.05, 0) is 11.5 Å². The Kier molecular flexibility index (Phi) is 6.07. The standard InChI is InChI=1S/C17H27NO/c1-5-9-14(2)12-16(19)18-13-17(3,4)15-10-7-6-8-11-15/h6-8,10-11,14H,5,9,12-13H2,1-4H3,(H,18,19). The summed E-state index contributed by atoms with van der Waals surface area (Å²) in [5, 5.41) is 3.07. The largest absolute Gasteiger partial charge is 0.355 e. The van der Waals surface area contributed by atoms with Crippen LogP contribution in [0.2, 0.25) is 0 Å². The Morgan fingerprint density at radius 2 is 1.89 bits per heavy atom. The Morgan fingerprint density at radius 1 is 1.26 bits per heavy atom. The summed E-state index contributed by atoms with van der Waals surface area (Å²) >= 11 is 0. The van der Waals surface area contributed by atoms with Gasteiger partial charge in [0.15, 0.2) is 0 Å². The molecule has 0 saturated carbocycles. The molecular formula is C17H27NO. The third kappa shape index (κ3) is 5.46. The second kappa shape index (κ2) is 7.32. The molecule has 0 aliphatic heterocycles. The number of rotatable bonds is 7. The molecule has 2 heteroatoms. The fraction of sp³-hybridized carbons (Fsp3) is 0.588. The minimum absolute atomic E-state index is 0.0229. The SMILES string of the molecule is CCCC(C)CC(=O)NCC(C)(C)c1ccccc1. The highest BCUT2D eigenvalue weighted by atomic mass is 16.1. The van der Waals surface area contributed by atoms with Crippen LogP contribution in [0.5, 0.6) is 0 Å². The highest BCUT2D eigenvalue weighted by Gasteiger charge is 2.21. The molecule has 1 amide bonds. The molecule has 2 nitrogen and oxygen atoms in total. The lowest BCUT2D eigenvalue weighted by atomic mass is 9.84. The molecule has 1 N–H and O–H groups in total. The van der Waals surface area contributed by atoms with E-state index < -0.39 is 0 Å². The van der Waals surface area contributed by atoms with Crippen molar-refractivity contribution in [3.8, 4) is 0 Å². The third-order valence-corrected chi connectivity index (χ3v) is 3.60. The summed E-state index contributed by atoms with van der Waals surface area (Å²) < 4.78 is 0. The monoisotopic (exact) mass is 261 g/mol. The van der Waals surface area contributed by atoms with Gasteiger partial charge in [0.2, 0.25) is 5.91 Å². The summed E-state index contributed by atoms with van der Waals surface area (Å²) in [4.78, 5) is 11.9. The fourth-order valence-corrected chi connectivity index (χ4v) is 2.29. The molecule has 0 aromatic heterocycles. The molecular weight excluding hydrogens is 234 g/mol. The first-order chi connectivity index (χ1) is 8.95. The van der Waals surface area contributed by atoms with Crippen LogP contribution in [0.25, 0.3) is 0 Å². The lowest BCUT2D eigenvalue weighted by Gasteiger charge is -2.26. The summed E-state index contributed by atoms with van der Waals surface area (Å²) in [7, 11) is 0. The van der Waals surface area contributed by atoms with E-state index in [1.54, 1.807) is 0 Å². The first-order valence-corrected chi connectivity index (χ1v) is 7.28. The van der Waals surface area contributed by atoms with Gasteiger partial charge in [0.25, 0.3) is 0 Å². The molecule has 0 aliphatic rings. The minimum Gasteiger partial charge on any atom is -0.355 e. The topological polar surface area (TPSA) is 29.1 Å². The number of carbonyl (C=O) groups is 1. The van der Waals surface area contributed by atoms with E-state index in [0.717, 1.165) is 12.8 Å². The van der Waals surface area contributed by atoms with Crippen molar-refractivity contribution in [3.05, 3.63) is 35.9 Å². The van der Waals surface area contributed by atoms with Gasteiger partial charge >= 0.3 is 0 Å². The maximum absolute atomic E-state index is 11.9. The smallest absolute Gasteiger partial charge is 0.220 e. The summed E-state index contributed by atoms with van der Waals surface area (Å²) in [6, 6.07) is 10.3. The molecule has 1 aromatic carbocycles. The van der Waals surface area contributed by atoms with Crippen LogP contribution in [0.4, 0.5) is 0 Å². The normalized spacial score (nSPS) is 13.1. The van der Waals surface area contributed by atoms with Crippen LogP contribution in [0.3, 0.4) is 0 Å². The zero-order valence-corrected chi connectivity index (χ0v) is 12.7. The van der Waals surface area contributed by atoms with E-state index in [4.69, 9.17) is 0 Å². The third-order valence-electron chi connectivity index (χ3n) is 3.60. The summed E-state index contributed by atoms with van der Waals surface area (Å²) in [6.45, 7) is 9.32. The van der Waals surface area contributed by atoms with E-state index in [2.05, 4.69) is 45.1 Å². The zero-order valence-electron chi connectivity index (χ0n) is 12.7. The van der Waals surface area contributed by atoms with Crippen molar-refractivity contribution in [1.82, 2.24) is 5.32 Å².